The van der Waals surface area contributed by atoms with Crippen LogP contribution in [0, 0.1) is 11.3 Å². The lowest BCUT2D eigenvalue weighted by Gasteiger charge is -2.05. The highest BCUT2D eigenvalue weighted by Gasteiger charge is 2.05. The Balaban J connectivity index is 2.60. The van der Waals surface area contributed by atoms with Crippen LogP contribution in [-0.2, 0) is 4.79 Å². The van der Waals surface area contributed by atoms with Crippen LogP contribution in [0.3, 0.4) is 0 Å². The molecule has 0 saturated heterocycles. The van der Waals surface area contributed by atoms with Crippen molar-refractivity contribution >= 4 is 17.5 Å². The van der Waals surface area contributed by atoms with Crippen LogP contribution in [-0.4, -0.2) is 18.4 Å². The number of nitrogens with zero attached hydrogens (tertiary/aromatic N) is 1. The number of anilines is 1. The molecule has 18 heavy (non-hydrogen) atoms. The summed E-state index contributed by atoms with van der Waals surface area (Å²) in [4.78, 5) is 22.8. The van der Waals surface area contributed by atoms with Crippen molar-refractivity contribution in [3.63, 3.8) is 0 Å². The van der Waals surface area contributed by atoms with E-state index in [4.69, 9.17) is 5.26 Å². The van der Waals surface area contributed by atoms with Gasteiger partial charge in [-0.1, -0.05) is 6.92 Å². The molecule has 1 aromatic carbocycles. The minimum Gasteiger partial charge on any atom is -0.352 e. The van der Waals surface area contributed by atoms with Gasteiger partial charge in [0.05, 0.1) is 6.07 Å². The van der Waals surface area contributed by atoms with Crippen LogP contribution in [0.4, 0.5) is 5.69 Å². The van der Waals surface area contributed by atoms with E-state index in [1.54, 1.807) is 30.3 Å². The maximum atomic E-state index is 11.6. The van der Waals surface area contributed by atoms with Crippen LogP contribution in [0.1, 0.15) is 30.1 Å². The summed E-state index contributed by atoms with van der Waals surface area (Å²) in [5, 5.41) is 13.7. The third kappa shape index (κ3) is 4.26. The van der Waals surface area contributed by atoms with E-state index in [1.165, 1.54) is 0 Å². The molecule has 2 N–H and O–H groups in total. The number of rotatable bonds is 5. The zero-order chi connectivity index (χ0) is 13.4. The first-order valence-corrected chi connectivity index (χ1v) is 5.72. The van der Waals surface area contributed by atoms with Gasteiger partial charge in [-0.3, -0.25) is 9.59 Å². The molecule has 0 bridgehead atoms. The SMILES string of the molecule is CCCNC(=O)c1ccc(NC(=O)CC#N)cc1. The number of benzene rings is 1. The molecular weight excluding hydrogens is 230 g/mol. The lowest BCUT2D eigenvalue weighted by atomic mass is 10.2. The fourth-order valence-electron chi connectivity index (χ4n) is 1.32. The summed E-state index contributed by atoms with van der Waals surface area (Å²) in [5.74, 6) is -0.493. The Kier molecular flexibility index (Phi) is 5.39. The molecule has 5 heteroatoms. The zero-order valence-corrected chi connectivity index (χ0v) is 10.2. The largest absolute Gasteiger partial charge is 0.352 e. The average molecular weight is 245 g/mol. The van der Waals surface area contributed by atoms with Crippen LogP contribution in [0.2, 0.25) is 0 Å². The van der Waals surface area contributed by atoms with Gasteiger partial charge < -0.3 is 10.6 Å². The van der Waals surface area contributed by atoms with Crippen molar-refractivity contribution < 1.29 is 9.59 Å². The summed E-state index contributed by atoms with van der Waals surface area (Å²) in [6.45, 7) is 2.62. The lowest BCUT2D eigenvalue weighted by molar-refractivity contribution is -0.115. The fourth-order valence-corrected chi connectivity index (χ4v) is 1.32. The molecule has 0 unspecified atom stereocenters. The highest BCUT2D eigenvalue weighted by atomic mass is 16.2. The maximum absolute atomic E-state index is 11.6. The molecule has 0 fully saturated rings. The number of nitrogens with one attached hydrogen (secondary N) is 2. The molecule has 0 radical (unpaired) electrons. The summed E-state index contributed by atoms with van der Waals surface area (Å²) in [6.07, 6.45) is 0.701. The summed E-state index contributed by atoms with van der Waals surface area (Å²) in [5.41, 5.74) is 1.11. The van der Waals surface area contributed by atoms with Gasteiger partial charge in [0.15, 0.2) is 0 Å². The van der Waals surface area contributed by atoms with Crippen molar-refractivity contribution in [2.24, 2.45) is 0 Å². The molecule has 0 aromatic heterocycles. The first-order valence-electron chi connectivity index (χ1n) is 5.72. The van der Waals surface area contributed by atoms with Gasteiger partial charge in [0, 0.05) is 17.8 Å². The number of carbonyl (C=O) groups excluding carboxylic acids is 2. The molecule has 5 nitrogen and oxygen atoms in total. The molecular formula is C13H15N3O2. The average Bonchev–Trinajstić information content (AvgIpc) is 2.37. The van der Waals surface area contributed by atoms with Gasteiger partial charge in [-0.05, 0) is 30.7 Å². The second-order valence-electron chi connectivity index (χ2n) is 3.72. The number of hydrogen-bond donors (Lipinski definition) is 2. The van der Waals surface area contributed by atoms with Crippen molar-refractivity contribution in [3.8, 4) is 6.07 Å². The molecule has 0 heterocycles. The maximum Gasteiger partial charge on any atom is 0.251 e. The van der Waals surface area contributed by atoms with Gasteiger partial charge in [-0.25, -0.2) is 0 Å². The fraction of sp³-hybridized carbons (Fsp3) is 0.308. The van der Waals surface area contributed by atoms with Crippen LogP contribution >= 0.6 is 0 Å². The van der Waals surface area contributed by atoms with Gasteiger partial charge in [0.1, 0.15) is 6.42 Å². The molecule has 2 amide bonds. The normalized spacial score (nSPS) is 9.33. The van der Waals surface area contributed by atoms with Crippen molar-refractivity contribution in [3.05, 3.63) is 29.8 Å². The Hall–Kier alpha value is -2.35. The Morgan fingerprint density at radius 3 is 2.50 bits per heavy atom. The van der Waals surface area contributed by atoms with Gasteiger partial charge in [0.25, 0.3) is 5.91 Å². The van der Waals surface area contributed by atoms with Crippen LogP contribution < -0.4 is 10.6 Å². The van der Waals surface area contributed by atoms with E-state index in [1.807, 2.05) is 6.92 Å². The van der Waals surface area contributed by atoms with E-state index in [9.17, 15) is 9.59 Å². The molecule has 94 valence electrons. The van der Waals surface area contributed by atoms with E-state index < -0.39 is 0 Å². The monoisotopic (exact) mass is 245 g/mol. The second kappa shape index (κ2) is 7.07. The van der Waals surface area contributed by atoms with Crippen molar-refractivity contribution in [2.75, 3.05) is 11.9 Å². The Labute approximate surface area is 106 Å². The van der Waals surface area contributed by atoms with E-state index in [2.05, 4.69) is 10.6 Å². The van der Waals surface area contributed by atoms with Crippen molar-refractivity contribution in [1.82, 2.24) is 5.32 Å². The van der Waals surface area contributed by atoms with E-state index in [-0.39, 0.29) is 18.2 Å². The predicted octanol–water partition coefficient (Wildman–Crippen LogP) is 1.68. The third-order valence-corrected chi connectivity index (χ3v) is 2.21. The van der Waals surface area contributed by atoms with Crippen LogP contribution in [0.5, 0.6) is 0 Å². The van der Waals surface area contributed by atoms with E-state index in [0.29, 0.717) is 17.8 Å². The molecule has 0 aliphatic carbocycles. The summed E-state index contributed by atoms with van der Waals surface area (Å²) < 4.78 is 0. The summed E-state index contributed by atoms with van der Waals surface area (Å²) >= 11 is 0. The van der Waals surface area contributed by atoms with E-state index in [0.717, 1.165) is 6.42 Å². The minimum absolute atomic E-state index is 0.133. The number of amides is 2. The minimum atomic E-state index is -0.360. The first-order chi connectivity index (χ1) is 8.67. The number of carbonyl (C=O) groups is 2. The number of nitriles is 1. The van der Waals surface area contributed by atoms with Gasteiger partial charge in [0.2, 0.25) is 5.91 Å². The molecule has 0 atom stereocenters. The lowest BCUT2D eigenvalue weighted by Crippen LogP contribution is -2.23. The van der Waals surface area contributed by atoms with Crippen molar-refractivity contribution in [2.45, 2.75) is 19.8 Å². The van der Waals surface area contributed by atoms with Gasteiger partial charge in [-0.15, -0.1) is 0 Å². The number of hydrogen-bond acceptors (Lipinski definition) is 3. The van der Waals surface area contributed by atoms with Crippen molar-refractivity contribution in [1.29, 1.82) is 5.26 Å². The zero-order valence-electron chi connectivity index (χ0n) is 10.2. The van der Waals surface area contributed by atoms with Crippen LogP contribution in [0.25, 0.3) is 0 Å². The molecule has 0 aliphatic rings. The Bertz CT molecular complexity index is 460. The summed E-state index contributed by atoms with van der Waals surface area (Å²) in [6, 6.07) is 8.30. The molecule has 1 aromatic rings. The van der Waals surface area contributed by atoms with Gasteiger partial charge >= 0.3 is 0 Å². The second-order valence-corrected chi connectivity index (χ2v) is 3.72. The molecule has 0 aliphatic heterocycles. The highest BCUT2D eigenvalue weighted by Crippen LogP contribution is 2.09. The smallest absolute Gasteiger partial charge is 0.251 e. The van der Waals surface area contributed by atoms with Gasteiger partial charge in [-0.2, -0.15) is 5.26 Å². The molecule has 0 saturated carbocycles. The first kappa shape index (κ1) is 13.7. The Morgan fingerprint density at radius 1 is 1.28 bits per heavy atom. The van der Waals surface area contributed by atoms with E-state index >= 15 is 0 Å². The Morgan fingerprint density at radius 2 is 1.94 bits per heavy atom. The highest BCUT2D eigenvalue weighted by molar-refractivity contribution is 5.96. The predicted molar refractivity (Wildman–Crippen MR) is 67.9 cm³/mol. The van der Waals surface area contributed by atoms with Crippen LogP contribution in [0.15, 0.2) is 24.3 Å². The molecule has 0 spiro atoms. The third-order valence-electron chi connectivity index (χ3n) is 2.21. The molecule has 1 rings (SSSR count). The standard InChI is InChI=1S/C13H15N3O2/c1-2-9-15-13(18)10-3-5-11(6-4-10)16-12(17)7-8-14/h3-6H,2,7,9H2,1H3,(H,15,18)(H,16,17). The summed E-state index contributed by atoms with van der Waals surface area (Å²) in [7, 11) is 0. The topological polar surface area (TPSA) is 82.0 Å². The quantitative estimate of drug-likeness (QED) is 0.828.